The maximum absolute atomic E-state index is 12.3. The molecular weight excluding hydrogens is 454 g/mol. The van der Waals surface area contributed by atoms with Crippen LogP contribution in [-0.4, -0.2) is 36.8 Å². The summed E-state index contributed by atoms with van der Waals surface area (Å²) in [5, 5.41) is 9.72. The SMILES string of the molecule is Cc1cc(C)c(NC(=O)CNC(=O)COC(=O)c2cccc(NC(=O)c3cccs3)c2)c(C)c1. The lowest BCUT2D eigenvalue weighted by atomic mass is 10.1. The minimum Gasteiger partial charge on any atom is -0.452 e. The average molecular weight is 480 g/mol. The number of carbonyl (C=O) groups excluding carboxylic acids is 4. The molecule has 1 aromatic heterocycles. The lowest BCUT2D eigenvalue weighted by Gasteiger charge is -2.13. The van der Waals surface area contributed by atoms with Crippen molar-refractivity contribution in [1.82, 2.24) is 5.32 Å². The van der Waals surface area contributed by atoms with Crippen LogP contribution in [0.25, 0.3) is 0 Å². The van der Waals surface area contributed by atoms with Crippen LogP contribution in [0.5, 0.6) is 0 Å². The van der Waals surface area contributed by atoms with Crippen molar-refractivity contribution in [2.45, 2.75) is 20.8 Å². The first kappa shape index (κ1) is 24.7. The number of nitrogens with one attached hydrogen (secondary N) is 3. The van der Waals surface area contributed by atoms with E-state index in [1.165, 1.54) is 23.5 Å². The Bertz CT molecular complexity index is 1200. The maximum atomic E-state index is 12.3. The first-order valence-electron chi connectivity index (χ1n) is 10.5. The van der Waals surface area contributed by atoms with Crippen molar-refractivity contribution < 1.29 is 23.9 Å². The zero-order valence-corrected chi connectivity index (χ0v) is 19.9. The van der Waals surface area contributed by atoms with E-state index >= 15 is 0 Å². The van der Waals surface area contributed by atoms with Crippen LogP contribution in [0.4, 0.5) is 11.4 Å². The molecule has 1 heterocycles. The summed E-state index contributed by atoms with van der Waals surface area (Å²) in [6.45, 7) is 4.98. The Morgan fingerprint density at radius 3 is 2.29 bits per heavy atom. The van der Waals surface area contributed by atoms with Gasteiger partial charge in [-0.2, -0.15) is 0 Å². The Hall–Kier alpha value is -3.98. The molecule has 3 N–H and O–H groups in total. The van der Waals surface area contributed by atoms with E-state index in [1.54, 1.807) is 29.6 Å². The lowest BCUT2D eigenvalue weighted by molar-refractivity contribution is -0.126. The number of benzene rings is 2. The molecule has 8 nitrogen and oxygen atoms in total. The molecule has 3 amide bonds. The van der Waals surface area contributed by atoms with Crippen LogP contribution in [0.2, 0.25) is 0 Å². The summed E-state index contributed by atoms with van der Waals surface area (Å²) < 4.78 is 5.03. The number of carbonyl (C=O) groups is 4. The number of hydrogen-bond donors (Lipinski definition) is 3. The van der Waals surface area contributed by atoms with E-state index < -0.39 is 18.5 Å². The molecule has 0 bridgehead atoms. The summed E-state index contributed by atoms with van der Waals surface area (Å²) in [5.74, 6) is -2.00. The molecule has 0 radical (unpaired) electrons. The van der Waals surface area contributed by atoms with Crippen LogP contribution in [0.15, 0.2) is 53.9 Å². The van der Waals surface area contributed by atoms with Crippen LogP contribution in [0, 0.1) is 20.8 Å². The molecule has 3 rings (SSSR count). The molecule has 0 saturated carbocycles. The fraction of sp³-hybridized carbons (Fsp3) is 0.200. The lowest BCUT2D eigenvalue weighted by Crippen LogP contribution is -2.35. The standard InChI is InChI=1S/C25H25N3O5S/c1-15-10-16(2)23(17(3)11-15)28-21(29)13-26-22(30)14-33-25(32)18-6-4-7-19(12-18)27-24(31)20-8-5-9-34-20/h4-12H,13-14H2,1-3H3,(H,26,30)(H,27,31)(H,28,29). The highest BCUT2D eigenvalue weighted by Crippen LogP contribution is 2.21. The number of thiophene rings is 1. The van der Waals surface area contributed by atoms with Gasteiger partial charge in [-0.1, -0.05) is 29.8 Å². The van der Waals surface area contributed by atoms with Gasteiger partial charge in [-0.05, 0) is 61.5 Å². The normalized spacial score (nSPS) is 10.3. The van der Waals surface area contributed by atoms with Gasteiger partial charge in [0, 0.05) is 11.4 Å². The molecule has 0 atom stereocenters. The predicted octanol–water partition coefficient (Wildman–Crippen LogP) is 3.84. The van der Waals surface area contributed by atoms with E-state index in [4.69, 9.17) is 4.74 Å². The number of amides is 3. The third-order valence-electron chi connectivity index (χ3n) is 4.82. The van der Waals surface area contributed by atoms with E-state index in [-0.39, 0.29) is 23.9 Å². The molecule has 0 aliphatic heterocycles. The van der Waals surface area contributed by atoms with Gasteiger partial charge in [-0.25, -0.2) is 4.79 Å². The topological polar surface area (TPSA) is 114 Å². The summed E-state index contributed by atoms with van der Waals surface area (Å²) in [7, 11) is 0. The van der Waals surface area contributed by atoms with Crippen LogP contribution in [0.1, 0.15) is 36.7 Å². The Morgan fingerprint density at radius 1 is 0.882 bits per heavy atom. The zero-order chi connectivity index (χ0) is 24.7. The average Bonchev–Trinajstić information content (AvgIpc) is 3.34. The second-order valence-corrected chi connectivity index (χ2v) is 8.63. The van der Waals surface area contributed by atoms with Crippen LogP contribution < -0.4 is 16.0 Å². The van der Waals surface area contributed by atoms with Crippen molar-refractivity contribution in [3.05, 3.63) is 81.0 Å². The van der Waals surface area contributed by atoms with Gasteiger partial charge in [0.15, 0.2) is 6.61 Å². The number of rotatable bonds is 8. The van der Waals surface area contributed by atoms with Gasteiger partial charge in [0.05, 0.1) is 17.0 Å². The highest BCUT2D eigenvalue weighted by atomic mass is 32.1. The van der Waals surface area contributed by atoms with E-state index in [1.807, 2.05) is 32.9 Å². The molecule has 9 heteroatoms. The fourth-order valence-corrected chi connectivity index (χ4v) is 3.95. The highest BCUT2D eigenvalue weighted by Gasteiger charge is 2.14. The van der Waals surface area contributed by atoms with E-state index in [0.29, 0.717) is 16.3 Å². The monoisotopic (exact) mass is 479 g/mol. The molecule has 0 unspecified atom stereocenters. The van der Waals surface area contributed by atoms with Crippen molar-refractivity contribution in [2.75, 3.05) is 23.8 Å². The van der Waals surface area contributed by atoms with Crippen molar-refractivity contribution in [3.8, 4) is 0 Å². The van der Waals surface area contributed by atoms with Crippen LogP contribution >= 0.6 is 11.3 Å². The van der Waals surface area contributed by atoms with Crippen LogP contribution in [-0.2, 0) is 14.3 Å². The summed E-state index contributed by atoms with van der Waals surface area (Å²) in [6.07, 6.45) is 0. The number of aryl methyl sites for hydroxylation is 3. The second-order valence-electron chi connectivity index (χ2n) is 7.69. The van der Waals surface area contributed by atoms with Gasteiger partial charge in [0.25, 0.3) is 11.8 Å². The molecule has 0 saturated heterocycles. The first-order valence-corrected chi connectivity index (χ1v) is 11.4. The first-order chi connectivity index (χ1) is 16.2. The summed E-state index contributed by atoms with van der Waals surface area (Å²) >= 11 is 1.30. The largest absolute Gasteiger partial charge is 0.452 e. The van der Waals surface area contributed by atoms with E-state index in [2.05, 4.69) is 16.0 Å². The Balaban J connectivity index is 1.46. The Kier molecular flexibility index (Phi) is 8.15. The van der Waals surface area contributed by atoms with Crippen molar-refractivity contribution in [1.29, 1.82) is 0 Å². The minimum absolute atomic E-state index is 0.180. The Labute approximate surface area is 201 Å². The smallest absolute Gasteiger partial charge is 0.338 e. The molecular formula is C25H25N3O5S. The number of esters is 1. The Morgan fingerprint density at radius 2 is 1.62 bits per heavy atom. The van der Waals surface area contributed by atoms with Crippen molar-refractivity contribution >= 4 is 46.4 Å². The number of anilines is 2. The molecule has 176 valence electrons. The third kappa shape index (κ3) is 6.76. The molecule has 0 fully saturated rings. The van der Waals surface area contributed by atoms with Gasteiger partial charge in [0.2, 0.25) is 5.91 Å². The van der Waals surface area contributed by atoms with Gasteiger partial charge < -0.3 is 20.7 Å². The quantitative estimate of drug-likeness (QED) is 0.425. The molecule has 0 spiro atoms. The molecule has 0 aliphatic rings. The molecule has 34 heavy (non-hydrogen) atoms. The summed E-state index contributed by atoms with van der Waals surface area (Å²) in [5.41, 5.74) is 4.27. The predicted molar refractivity (Wildman–Crippen MR) is 131 cm³/mol. The highest BCUT2D eigenvalue weighted by molar-refractivity contribution is 7.12. The van der Waals surface area contributed by atoms with Crippen LogP contribution in [0.3, 0.4) is 0 Å². The fourth-order valence-electron chi connectivity index (χ4n) is 3.33. The number of ether oxygens (including phenoxy) is 1. The van der Waals surface area contributed by atoms with E-state index in [0.717, 1.165) is 16.7 Å². The third-order valence-corrected chi connectivity index (χ3v) is 5.69. The summed E-state index contributed by atoms with van der Waals surface area (Å²) in [4.78, 5) is 49.3. The van der Waals surface area contributed by atoms with Gasteiger partial charge in [0.1, 0.15) is 0 Å². The summed E-state index contributed by atoms with van der Waals surface area (Å²) in [6, 6.07) is 13.6. The minimum atomic E-state index is -0.724. The van der Waals surface area contributed by atoms with E-state index in [9.17, 15) is 19.2 Å². The van der Waals surface area contributed by atoms with Crippen molar-refractivity contribution in [3.63, 3.8) is 0 Å². The number of hydrogen-bond acceptors (Lipinski definition) is 6. The molecule has 3 aromatic rings. The van der Waals surface area contributed by atoms with Gasteiger partial charge >= 0.3 is 5.97 Å². The molecule has 2 aromatic carbocycles. The van der Waals surface area contributed by atoms with Crippen molar-refractivity contribution in [2.24, 2.45) is 0 Å². The molecule has 0 aliphatic carbocycles. The van der Waals surface area contributed by atoms with Gasteiger partial charge in [-0.15, -0.1) is 11.3 Å². The second kappa shape index (κ2) is 11.2. The van der Waals surface area contributed by atoms with Gasteiger partial charge in [-0.3, -0.25) is 14.4 Å². The zero-order valence-electron chi connectivity index (χ0n) is 19.1. The maximum Gasteiger partial charge on any atom is 0.338 e.